The molecule has 11 nitrogen and oxygen atoms in total. The van der Waals surface area contributed by atoms with Gasteiger partial charge < -0.3 is 14.5 Å². The molecule has 1 amide bonds. The Hall–Kier alpha value is -5.21. The molecule has 1 N–H and O–H groups in total. The fourth-order valence-electron chi connectivity index (χ4n) is 7.51. The minimum atomic E-state index is -4.44. The van der Waals surface area contributed by atoms with Crippen molar-refractivity contribution in [3.8, 4) is 16.9 Å². The van der Waals surface area contributed by atoms with Gasteiger partial charge in [0.15, 0.2) is 0 Å². The molecule has 8 rings (SSSR count). The van der Waals surface area contributed by atoms with Crippen molar-refractivity contribution in [3.63, 3.8) is 0 Å². The Morgan fingerprint density at radius 3 is 2.47 bits per heavy atom. The third-order valence-electron chi connectivity index (χ3n) is 10.3. The zero-order chi connectivity index (χ0) is 38.2. The number of anilines is 2. The summed E-state index contributed by atoms with van der Waals surface area (Å²) in [7, 11) is -8.61. The highest BCUT2D eigenvalue weighted by atomic mass is 35.5. The molecule has 1 saturated heterocycles. The van der Waals surface area contributed by atoms with Crippen LogP contribution < -0.4 is 19.3 Å². The van der Waals surface area contributed by atoms with Gasteiger partial charge in [0.25, 0.3) is 26.0 Å². The molecule has 5 aromatic rings. The highest BCUT2D eigenvalue weighted by Crippen LogP contribution is 2.35. The molecule has 1 atom stereocenters. The number of ether oxygens (including phenoxy) is 1. The lowest BCUT2D eigenvalue weighted by molar-refractivity contribution is 0.0981. The summed E-state index contributed by atoms with van der Waals surface area (Å²) in [6, 6.07) is 34.9. The van der Waals surface area contributed by atoms with Crippen molar-refractivity contribution in [2.75, 3.05) is 42.6 Å². The van der Waals surface area contributed by atoms with Crippen LogP contribution in [-0.2, 0) is 33.0 Å². The van der Waals surface area contributed by atoms with Gasteiger partial charge in [-0.2, -0.15) is 8.42 Å². The summed E-state index contributed by atoms with van der Waals surface area (Å²) in [5.74, 6) is -0.139. The molecule has 55 heavy (non-hydrogen) atoms. The van der Waals surface area contributed by atoms with E-state index in [1.54, 1.807) is 17.0 Å². The smallest absolute Gasteiger partial charge is 0.285 e. The van der Waals surface area contributed by atoms with Crippen molar-refractivity contribution in [1.82, 2.24) is 9.62 Å². The second-order valence-electron chi connectivity index (χ2n) is 13.7. The van der Waals surface area contributed by atoms with Gasteiger partial charge in [0.2, 0.25) is 0 Å². The van der Waals surface area contributed by atoms with E-state index in [-0.39, 0.29) is 34.2 Å². The number of piperazine rings is 1. The van der Waals surface area contributed by atoms with Crippen molar-refractivity contribution in [2.24, 2.45) is 4.40 Å². The number of hydrogen-bond acceptors (Lipinski definition) is 9. The first-order valence-electron chi connectivity index (χ1n) is 18.0. The number of hydrogen-bond donors (Lipinski definition) is 1. The topological polar surface area (TPSA) is 129 Å². The van der Waals surface area contributed by atoms with Gasteiger partial charge in [0.1, 0.15) is 23.6 Å². The Morgan fingerprint density at radius 2 is 1.65 bits per heavy atom. The fraction of sp³-hybridized carbons (Fsp3) is 0.220. The van der Waals surface area contributed by atoms with Crippen LogP contribution in [0, 0.1) is 0 Å². The third-order valence-corrected chi connectivity index (χ3v) is 13.1. The van der Waals surface area contributed by atoms with Crippen LogP contribution in [0.5, 0.6) is 5.75 Å². The van der Waals surface area contributed by atoms with Gasteiger partial charge in [-0.1, -0.05) is 66.2 Å². The molecule has 14 heteroatoms. The number of halogens is 1. The molecule has 1 fully saturated rings. The molecular weight excluding hydrogens is 758 g/mol. The summed E-state index contributed by atoms with van der Waals surface area (Å²) < 4.78 is 64.3. The van der Waals surface area contributed by atoms with E-state index in [4.69, 9.17) is 16.3 Å². The summed E-state index contributed by atoms with van der Waals surface area (Å²) >= 11 is 6.14. The van der Waals surface area contributed by atoms with E-state index in [0.717, 1.165) is 61.9 Å². The van der Waals surface area contributed by atoms with Gasteiger partial charge in [0, 0.05) is 48.5 Å². The molecule has 0 aliphatic carbocycles. The molecule has 0 radical (unpaired) electrons. The Balaban J connectivity index is 0.923. The first-order valence-corrected chi connectivity index (χ1v) is 21.3. The predicted molar refractivity (Wildman–Crippen MR) is 214 cm³/mol. The van der Waals surface area contributed by atoms with Crippen LogP contribution in [0.15, 0.2) is 129 Å². The predicted octanol–water partition coefficient (Wildman–Crippen LogP) is 6.38. The van der Waals surface area contributed by atoms with Gasteiger partial charge in [0.05, 0.1) is 17.1 Å². The normalized spacial score (nSPS) is 17.5. The molecule has 3 heterocycles. The van der Waals surface area contributed by atoms with Crippen molar-refractivity contribution in [1.29, 1.82) is 0 Å². The summed E-state index contributed by atoms with van der Waals surface area (Å²) in [6.07, 6.45) is 2.83. The Labute approximate surface area is 325 Å². The number of fused-ring (bicyclic) bond motifs is 4. The molecule has 3 aliphatic heterocycles. The third kappa shape index (κ3) is 7.83. The van der Waals surface area contributed by atoms with Crippen molar-refractivity contribution in [3.05, 3.63) is 137 Å². The summed E-state index contributed by atoms with van der Waals surface area (Å²) in [4.78, 5) is 19.2. The van der Waals surface area contributed by atoms with Gasteiger partial charge in [-0.05, 0) is 95.8 Å². The maximum absolute atomic E-state index is 13.5. The maximum atomic E-state index is 13.5. The van der Waals surface area contributed by atoms with Crippen LogP contribution in [0.25, 0.3) is 11.1 Å². The van der Waals surface area contributed by atoms with Gasteiger partial charge >= 0.3 is 0 Å². The zero-order valence-electron chi connectivity index (χ0n) is 29.7. The van der Waals surface area contributed by atoms with E-state index in [9.17, 15) is 21.6 Å². The quantitative estimate of drug-likeness (QED) is 0.171. The molecule has 5 aromatic carbocycles. The summed E-state index contributed by atoms with van der Waals surface area (Å²) in [5.41, 5.74) is 6.09. The van der Waals surface area contributed by atoms with E-state index in [1.165, 1.54) is 29.6 Å². The van der Waals surface area contributed by atoms with E-state index >= 15 is 0 Å². The lowest BCUT2D eigenvalue weighted by Crippen LogP contribution is -2.54. The molecule has 282 valence electrons. The molecule has 0 bridgehead atoms. The van der Waals surface area contributed by atoms with Crippen LogP contribution >= 0.6 is 11.6 Å². The minimum Gasteiger partial charge on any atom is -0.492 e. The molecule has 0 spiro atoms. The molecule has 1 unspecified atom stereocenters. The highest BCUT2D eigenvalue weighted by Gasteiger charge is 2.33. The van der Waals surface area contributed by atoms with Gasteiger partial charge in [-0.15, -0.1) is 4.40 Å². The number of nitrogens with one attached hydrogen (secondary N) is 1. The monoisotopic (exact) mass is 795 g/mol. The highest BCUT2D eigenvalue weighted by molar-refractivity contribution is 7.91. The van der Waals surface area contributed by atoms with E-state index in [2.05, 4.69) is 55.3 Å². The van der Waals surface area contributed by atoms with Crippen molar-refractivity contribution < 1.29 is 26.4 Å². The number of amides is 1. The SMILES string of the molecule is O=C(NS(=O)(=O)c1ccc2c(c1)S(=O)(=O)N=CN2CCOc1ccccc1)c1ccc2c(c1)CCC1CN(Cc3ccccc3-c3ccc(Cl)cc3)CCN21. The first-order chi connectivity index (χ1) is 26.5. The molecule has 0 aromatic heterocycles. The maximum Gasteiger partial charge on any atom is 0.285 e. The lowest BCUT2D eigenvalue weighted by atomic mass is 9.92. The number of sulfonamides is 2. The second kappa shape index (κ2) is 15.1. The van der Waals surface area contributed by atoms with Crippen LogP contribution in [0.4, 0.5) is 11.4 Å². The van der Waals surface area contributed by atoms with E-state index in [1.807, 2.05) is 48.5 Å². The average molecular weight is 796 g/mol. The Kier molecular flexibility index (Phi) is 10.1. The summed E-state index contributed by atoms with van der Waals surface area (Å²) in [6.45, 7) is 3.91. The first kappa shape index (κ1) is 36.8. The zero-order valence-corrected chi connectivity index (χ0v) is 32.1. The Bertz CT molecular complexity index is 2500. The molecule has 3 aliphatic rings. The fourth-order valence-corrected chi connectivity index (χ4v) is 9.78. The number of carbonyl (C=O) groups excluding carboxylic acids is 1. The van der Waals surface area contributed by atoms with Gasteiger partial charge in [-0.3, -0.25) is 9.69 Å². The minimum absolute atomic E-state index is 0.206. The van der Waals surface area contributed by atoms with E-state index in [0.29, 0.717) is 16.8 Å². The second-order valence-corrected chi connectivity index (χ2v) is 17.5. The average Bonchev–Trinajstić information content (AvgIpc) is 3.19. The number of nitrogens with zero attached hydrogens (tertiary/aromatic N) is 4. The number of rotatable bonds is 10. The standard InChI is InChI=1S/C41H38ClN5O6S2/c42-33-14-10-29(11-15-33)37-9-5-4-6-32(37)26-45-20-21-47-34(27-45)16-12-30-24-31(13-18-38(30)47)41(48)44-54(49,50)36-17-19-39-40(25-36)55(51,52)43-28-46(39)22-23-53-35-7-2-1-3-8-35/h1-11,13-15,17-19,24-25,28,34H,12,16,20-23,26-27H2,(H,44,48). The number of benzene rings is 5. The van der Waals surface area contributed by atoms with Gasteiger partial charge in [-0.25, -0.2) is 13.1 Å². The van der Waals surface area contributed by atoms with Crippen molar-refractivity contribution >= 4 is 55.3 Å². The number of para-hydroxylation sites is 1. The van der Waals surface area contributed by atoms with E-state index < -0.39 is 26.0 Å². The Morgan fingerprint density at radius 1 is 0.891 bits per heavy atom. The van der Waals surface area contributed by atoms with Crippen LogP contribution in [0.1, 0.15) is 27.9 Å². The summed E-state index contributed by atoms with van der Waals surface area (Å²) in [5, 5.41) is 0.711. The van der Waals surface area contributed by atoms with Crippen LogP contribution in [0.2, 0.25) is 5.02 Å². The largest absolute Gasteiger partial charge is 0.492 e. The number of carbonyl (C=O) groups is 1. The van der Waals surface area contributed by atoms with Crippen molar-refractivity contribution in [2.45, 2.75) is 35.2 Å². The molecule has 0 saturated carbocycles. The van der Waals surface area contributed by atoms with Crippen LogP contribution in [-0.4, -0.2) is 72.8 Å². The number of aryl methyl sites for hydroxylation is 1. The molecular formula is C41H38ClN5O6S2. The van der Waals surface area contributed by atoms with Crippen LogP contribution in [0.3, 0.4) is 0 Å². The lowest BCUT2D eigenvalue weighted by Gasteiger charge is -2.46.